The Hall–Kier alpha value is -2.91. The molecule has 0 aliphatic rings. The van der Waals surface area contributed by atoms with Gasteiger partial charge in [-0.15, -0.1) is 0 Å². The summed E-state index contributed by atoms with van der Waals surface area (Å²) in [5.41, 5.74) is -2.49. The smallest absolute Gasteiger partial charge is 0.435 e. The Morgan fingerprint density at radius 3 is 2.48 bits per heavy atom. The molecule has 7 nitrogen and oxygen atoms in total. The predicted octanol–water partition coefficient (Wildman–Crippen LogP) is 2.50. The predicted molar refractivity (Wildman–Crippen MR) is 62.2 cm³/mol. The first-order chi connectivity index (χ1) is 9.70. The SMILES string of the molecule is O=C(O)c1ccc(-n2ccc(C(F)(F)F)n2)c([N+](=O)[O-])c1. The Morgan fingerprint density at radius 2 is 2.00 bits per heavy atom. The Balaban J connectivity index is 2.56. The fourth-order valence-electron chi connectivity index (χ4n) is 1.61. The quantitative estimate of drug-likeness (QED) is 0.693. The van der Waals surface area contributed by atoms with E-state index < -0.39 is 28.5 Å². The maximum absolute atomic E-state index is 12.5. The van der Waals surface area contributed by atoms with Crippen LogP contribution in [0.2, 0.25) is 0 Å². The summed E-state index contributed by atoms with van der Waals surface area (Å²) in [4.78, 5) is 20.8. The number of nitro groups is 1. The van der Waals surface area contributed by atoms with Crippen molar-refractivity contribution >= 4 is 11.7 Å². The number of alkyl halides is 3. The number of aromatic nitrogens is 2. The molecule has 1 aromatic carbocycles. The summed E-state index contributed by atoms with van der Waals surface area (Å²) in [6, 6.07) is 3.48. The standard InChI is InChI=1S/C11H6F3N3O4/c12-11(13,14)9-3-4-16(15-9)7-2-1-6(10(18)19)5-8(7)17(20)21/h1-5H,(H,18,19). The Bertz CT molecular complexity index is 724. The average molecular weight is 301 g/mol. The van der Waals surface area contributed by atoms with Crippen molar-refractivity contribution in [2.75, 3.05) is 0 Å². The second-order valence-corrected chi connectivity index (χ2v) is 3.91. The normalized spacial score (nSPS) is 11.4. The fourth-order valence-corrected chi connectivity index (χ4v) is 1.61. The molecule has 0 saturated heterocycles. The number of hydrogen-bond acceptors (Lipinski definition) is 4. The number of nitro benzene ring substituents is 1. The van der Waals surface area contributed by atoms with Crippen LogP contribution >= 0.6 is 0 Å². The molecule has 1 aromatic heterocycles. The van der Waals surface area contributed by atoms with E-state index in [1.807, 2.05) is 0 Å². The van der Waals surface area contributed by atoms with E-state index in [0.717, 1.165) is 24.4 Å². The minimum Gasteiger partial charge on any atom is -0.478 e. The highest BCUT2D eigenvalue weighted by Crippen LogP contribution is 2.29. The number of benzene rings is 1. The van der Waals surface area contributed by atoms with Gasteiger partial charge >= 0.3 is 12.1 Å². The number of nitrogens with zero attached hydrogens (tertiary/aromatic N) is 3. The molecule has 0 fully saturated rings. The summed E-state index contributed by atoms with van der Waals surface area (Å²) >= 11 is 0. The lowest BCUT2D eigenvalue weighted by molar-refractivity contribution is -0.384. The molecule has 21 heavy (non-hydrogen) atoms. The summed E-state index contributed by atoms with van der Waals surface area (Å²) in [5, 5.41) is 22.9. The monoisotopic (exact) mass is 301 g/mol. The fraction of sp³-hybridized carbons (Fsp3) is 0.0909. The van der Waals surface area contributed by atoms with Crippen LogP contribution in [0.25, 0.3) is 5.69 Å². The van der Waals surface area contributed by atoms with Crippen molar-refractivity contribution in [3.63, 3.8) is 0 Å². The number of halogens is 3. The molecule has 1 N–H and O–H groups in total. The molecule has 0 atom stereocenters. The lowest BCUT2D eigenvalue weighted by Crippen LogP contribution is -2.08. The van der Waals surface area contributed by atoms with Crippen molar-refractivity contribution in [2.24, 2.45) is 0 Å². The maximum Gasteiger partial charge on any atom is 0.435 e. The van der Waals surface area contributed by atoms with Crippen molar-refractivity contribution in [3.8, 4) is 5.69 Å². The van der Waals surface area contributed by atoms with Gasteiger partial charge in [0.15, 0.2) is 5.69 Å². The molecule has 2 rings (SSSR count). The second kappa shape index (κ2) is 4.89. The van der Waals surface area contributed by atoms with E-state index in [4.69, 9.17) is 5.11 Å². The van der Waals surface area contributed by atoms with Crippen LogP contribution in [0, 0.1) is 10.1 Å². The van der Waals surface area contributed by atoms with Gasteiger partial charge in [0.05, 0.1) is 10.5 Å². The highest BCUT2D eigenvalue weighted by atomic mass is 19.4. The minimum atomic E-state index is -4.68. The Labute approximate surface area is 114 Å². The zero-order valence-electron chi connectivity index (χ0n) is 10.0. The summed E-state index contributed by atoms with van der Waals surface area (Å²) in [6.07, 6.45) is -3.77. The van der Waals surface area contributed by atoms with Gasteiger partial charge in [0.2, 0.25) is 0 Å². The van der Waals surface area contributed by atoms with Crippen LogP contribution in [0.1, 0.15) is 16.1 Å². The van der Waals surface area contributed by atoms with Gasteiger partial charge in [-0.1, -0.05) is 0 Å². The van der Waals surface area contributed by atoms with Crippen molar-refractivity contribution in [1.29, 1.82) is 0 Å². The highest BCUT2D eigenvalue weighted by molar-refractivity contribution is 5.89. The van der Waals surface area contributed by atoms with E-state index in [2.05, 4.69) is 5.10 Å². The van der Waals surface area contributed by atoms with Crippen LogP contribution < -0.4 is 0 Å². The van der Waals surface area contributed by atoms with E-state index in [-0.39, 0.29) is 11.3 Å². The van der Waals surface area contributed by atoms with Crippen molar-refractivity contribution in [2.45, 2.75) is 6.18 Å². The topological polar surface area (TPSA) is 98.3 Å². The first-order valence-corrected chi connectivity index (χ1v) is 5.35. The van der Waals surface area contributed by atoms with E-state index in [9.17, 15) is 28.1 Å². The number of carboxylic acids is 1. The van der Waals surface area contributed by atoms with Crippen molar-refractivity contribution < 1.29 is 28.0 Å². The van der Waals surface area contributed by atoms with Crippen molar-refractivity contribution in [1.82, 2.24) is 9.78 Å². The lowest BCUT2D eigenvalue weighted by atomic mass is 10.2. The van der Waals surface area contributed by atoms with Crippen LogP contribution in [0.3, 0.4) is 0 Å². The molecule has 0 spiro atoms. The van der Waals surface area contributed by atoms with Crippen LogP contribution in [-0.4, -0.2) is 25.8 Å². The molecular formula is C11H6F3N3O4. The maximum atomic E-state index is 12.5. The number of carbonyl (C=O) groups is 1. The summed E-state index contributed by atoms with van der Waals surface area (Å²) in [6.45, 7) is 0. The van der Waals surface area contributed by atoms with E-state index in [1.165, 1.54) is 0 Å². The summed E-state index contributed by atoms with van der Waals surface area (Å²) < 4.78 is 38.0. The van der Waals surface area contributed by atoms with Gasteiger partial charge in [-0.3, -0.25) is 10.1 Å². The van der Waals surface area contributed by atoms with Crippen LogP contribution in [0.15, 0.2) is 30.5 Å². The van der Waals surface area contributed by atoms with Gasteiger partial charge in [0.25, 0.3) is 5.69 Å². The third-order valence-electron chi connectivity index (χ3n) is 2.55. The first-order valence-electron chi connectivity index (χ1n) is 5.35. The largest absolute Gasteiger partial charge is 0.478 e. The third kappa shape index (κ3) is 2.83. The minimum absolute atomic E-state index is 0.263. The van der Waals surface area contributed by atoms with Gasteiger partial charge in [0.1, 0.15) is 5.69 Å². The first kappa shape index (κ1) is 14.5. The van der Waals surface area contributed by atoms with E-state index >= 15 is 0 Å². The molecule has 0 saturated carbocycles. The zero-order chi connectivity index (χ0) is 15.8. The van der Waals surface area contributed by atoms with Gasteiger partial charge < -0.3 is 5.11 Å². The highest BCUT2D eigenvalue weighted by Gasteiger charge is 2.34. The molecule has 0 aliphatic carbocycles. The molecule has 2 aromatic rings. The summed E-state index contributed by atoms with van der Waals surface area (Å²) in [5.74, 6) is -1.39. The zero-order valence-corrected chi connectivity index (χ0v) is 10.0. The second-order valence-electron chi connectivity index (χ2n) is 3.91. The molecule has 1 heterocycles. The molecular weight excluding hydrogens is 295 g/mol. The average Bonchev–Trinajstić information content (AvgIpc) is 2.87. The van der Waals surface area contributed by atoms with Crippen LogP contribution in [0.5, 0.6) is 0 Å². The van der Waals surface area contributed by atoms with Crippen molar-refractivity contribution in [3.05, 3.63) is 51.8 Å². The van der Waals surface area contributed by atoms with Gasteiger partial charge in [-0.25, -0.2) is 9.48 Å². The van der Waals surface area contributed by atoms with Gasteiger partial charge in [-0.2, -0.15) is 18.3 Å². The lowest BCUT2D eigenvalue weighted by Gasteiger charge is -2.05. The van der Waals surface area contributed by atoms with E-state index in [1.54, 1.807) is 0 Å². The molecule has 0 unspecified atom stereocenters. The van der Waals surface area contributed by atoms with Gasteiger partial charge in [0, 0.05) is 12.3 Å². The molecule has 110 valence electrons. The number of aromatic carboxylic acids is 1. The van der Waals surface area contributed by atoms with Gasteiger partial charge in [-0.05, 0) is 18.2 Å². The summed E-state index contributed by atoms with van der Waals surface area (Å²) in [7, 11) is 0. The number of hydrogen-bond donors (Lipinski definition) is 1. The van der Waals surface area contributed by atoms with Crippen LogP contribution in [0.4, 0.5) is 18.9 Å². The van der Waals surface area contributed by atoms with Crippen LogP contribution in [-0.2, 0) is 6.18 Å². The Kier molecular flexibility index (Phi) is 3.37. The molecule has 0 bridgehead atoms. The third-order valence-corrected chi connectivity index (χ3v) is 2.55. The molecule has 0 amide bonds. The number of carboxylic acid groups (broad SMARTS) is 1. The molecule has 0 radical (unpaired) electrons. The number of rotatable bonds is 3. The molecule has 10 heteroatoms. The molecule has 0 aliphatic heterocycles. The Morgan fingerprint density at radius 1 is 1.33 bits per heavy atom. The van der Waals surface area contributed by atoms with E-state index in [0.29, 0.717) is 10.7 Å².